The van der Waals surface area contributed by atoms with Crippen molar-refractivity contribution in [1.82, 2.24) is 19.9 Å². The molecule has 4 heterocycles. The molecule has 0 aromatic carbocycles. The van der Waals surface area contributed by atoms with Gasteiger partial charge in [0, 0.05) is 29.8 Å². The molecular weight excluding hydrogens is 510 g/mol. The Balaban J connectivity index is 1.47. The van der Waals surface area contributed by atoms with Gasteiger partial charge in [-0.3, -0.25) is 4.21 Å². The van der Waals surface area contributed by atoms with E-state index in [1.165, 1.54) is 12.4 Å². The molecule has 0 spiro atoms. The first-order valence-corrected chi connectivity index (χ1v) is 14.4. The fraction of sp³-hybridized carbons (Fsp3) is 0.600. The summed E-state index contributed by atoms with van der Waals surface area (Å²) in [6.07, 6.45) is 6.16. The number of hydrogen-bond acceptors (Lipinski definition) is 9. The highest BCUT2D eigenvalue weighted by atomic mass is 35.5. The first-order chi connectivity index (χ1) is 16.1. The van der Waals surface area contributed by atoms with Gasteiger partial charge in [0.2, 0.25) is 0 Å². The summed E-state index contributed by atoms with van der Waals surface area (Å²) in [5.41, 5.74) is -1.36. The van der Waals surface area contributed by atoms with Gasteiger partial charge in [-0.1, -0.05) is 11.6 Å². The van der Waals surface area contributed by atoms with Crippen LogP contribution in [0.25, 0.3) is 0 Å². The first kappa shape index (κ1) is 23.9. The van der Waals surface area contributed by atoms with E-state index in [1.54, 1.807) is 0 Å². The van der Waals surface area contributed by atoms with Gasteiger partial charge < -0.3 is 10.4 Å². The Morgan fingerprint density at radius 2 is 1.91 bits per heavy atom. The van der Waals surface area contributed by atoms with Crippen molar-refractivity contribution in [2.24, 2.45) is 4.36 Å². The van der Waals surface area contributed by atoms with E-state index in [2.05, 4.69) is 29.6 Å². The topological polar surface area (TPSA) is 130 Å². The van der Waals surface area contributed by atoms with Crippen LogP contribution >= 0.6 is 11.6 Å². The molecular formula is C20H23ClF2N6O3S2. The number of hydrogen-bond donors (Lipinski definition) is 2. The monoisotopic (exact) mass is 532 g/mol. The Morgan fingerprint density at radius 1 is 1.24 bits per heavy atom. The molecule has 9 nitrogen and oxygen atoms in total. The summed E-state index contributed by atoms with van der Waals surface area (Å²) in [5, 5.41) is 13.3. The van der Waals surface area contributed by atoms with Gasteiger partial charge in [0.25, 0.3) is 5.95 Å². The number of aromatic nitrogens is 4. The average Bonchev–Trinajstić information content (AvgIpc) is 3.00. The molecule has 184 valence electrons. The Hall–Kier alpha value is -1.83. The minimum Gasteiger partial charge on any atom is -0.394 e. The largest absolute Gasteiger partial charge is 0.394 e. The van der Waals surface area contributed by atoms with E-state index in [0.717, 1.165) is 6.42 Å². The molecule has 2 aliphatic heterocycles. The number of aliphatic hydroxyl groups excluding tert-OH is 1. The maximum atomic E-state index is 14.6. The lowest BCUT2D eigenvalue weighted by atomic mass is 9.77. The zero-order valence-corrected chi connectivity index (χ0v) is 20.4. The SMILES string of the molecule is O=[S@]1CC(F)(F)c2nc(N=S3(=O)CCC(c4ncc(Cl)cn4)CC3)nc(NC3(CO)CCC3)c21. The van der Waals surface area contributed by atoms with Crippen LogP contribution in [0, 0.1) is 0 Å². The summed E-state index contributed by atoms with van der Waals surface area (Å²) in [7, 11) is -4.80. The minimum absolute atomic E-state index is 0.00464. The summed E-state index contributed by atoms with van der Waals surface area (Å²) >= 11 is 5.84. The van der Waals surface area contributed by atoms with Crippen LogP contribution in [0.1, 0.15) is 49.5 Å². The molecule has 0 unspecified atom stereocenters. The highest BCUT2D eigenvalue weighted by Gasteiger charge is 2.49. The maximum absolute atomic E-state index is 14.6. The number of fused-ring (bicyclic) bond motifs is 1. The van der Waals surface area contributed by atoms with Crippen molar-refractivity contribution >= 4 is 43.9 Å². The highest BCUT2D eigenvalue weighted by molar-refractivity contribution is 7.93. The van der Waals surface area contributed by atoms with Crippen LogP contribution in [-0.2, 0) is 26.5 Å². The zero-order chi connectivity index (χ0) is 24.1. The summed E-state index contributed by atoms with van der Waals surface area (Å²) < 4.78 is 59.4. The molecule has 1 aliphatic carbocycles. The van der Waals surface area contributed by atoms with Gasteiger partial charge >= 0.3 is 5.92 Å². The molecule has 0 radical (unpaired) electrons. The van der Waals surface area contributed by atoms with E-state index >= 15 is 0 Å². The summed E-state index contributed by atoms with van der Waals surface area (Å²) in [6.45, 7) is -0.216. The predicted molar refractivity (Wildman–Crippen MR) is 123 cm³/mol. The van der Waals surface area contributed by atoms with Gasteiger partial charge in [0.15, 0.2) is 0 Å². The third kappa shape index (κ3) is 4.42. The van der Waals surface area contributed by atoms with Crippen LogP contribution < -0.4 is 5.32 Å². The van der Waals surface area contributed by atoms with Crippen molar-refractivity contribution in [3.8, 4) is 0 Å². The molecule has 2 fully saturated rings. The molecule has 2 aromatic heterocycles. The van der Waals surface area contributed by atoms with Crippen LogP contribution in [0.4, 0.5) is 20.5 Å². The quantitative estimate of drug-likeness (QED) is 0.600. The second-order valence-electron chi connectivity index (χ2n) is 8.97. The number of rotatable bonds is 5. The number of nitrogens with one attached hydrogen (secondary N) is 1. The van der Waals surface area contributed by atoms with Crippen LogP contribution in [0.5, 0.6) is 0 Å². The van der Waals surface area contributed by atoms with Crippen molar-refractivity contribution in [1.29, 1.82) is 0 Å². The van der Waals surface area contributed by atoms with E-state index in [1.807, 2.05) is 0 Å². The van der Waals surface area contributed by atoms with E-state index in [9.17, 15) is 22.3 Å². The summed E-state index contributed by atoms with van der Waals surface area (Å²) in [4.78, 5) is 16.5. The Morgan fingerprint density at radius 3 is 2.50 bits per heavy atom. The van der Waals surface area contributed by atoms with Crippen LogP contribution in [-0.4, -0.2) is 62.9 Å². The minimum atomic E-state index is -3.41. The van der Waals surface area contributed by atoms with Crippen molar-refractivity contribution < 1.29 is 22.3 Å². The molecule has 5 rings (SSSR count). The first-order valence-electron chi connectivity index (χ1n) is 10.9. The number of nitrogens with zero attached hydrogens (tertiary/aromatic N) is 5. The molecule has 0 bridgehead atoms. The standard InChI is InChI=1S/C20H23ClF2N6O3S2/c21-13-8-24-16(25-9-13)12-2-6-34(32,7-3-12)29-18-26-15-14(33(31)11-20(15,22)23)17(27-18)28-19(10-30)4-1-5-19/h8-9,12,30H,1-7,10-11H2,(H,26,27,28)/t12?,33-,34?/m0/s1. The van der Waals surface area contributed by atoms with Gasteiger partial charge in [-0.25, -0.2) is 19.2 Å². The second-order valence-corrected chi connectivity index (χ2v) is 13.3. The molecule has 1 saturated heterocycles. The third-order valence-electron chi connectivity index (χ3n) is 6.56. The lowest BCUT2D eigenvalue weighted by molar-refractivity contribution is 0.0192. The zero-order valence-electron chi connectivity index (χ0n) is 18.0. The Kier molecular flexibility index (Phi) is 6.10. The number of anilines is 1. The Labute approximate surface area is 202 Å². The van der Waals surface area contributed by atoms with E-state index < -0.39 is 43.4 Å². The maximum Gasteiger partial charge on any atom is 0.302 e. The Bertz CT molecular complexity index is 1250. The third-order valence-corrected chi connectivity index (χ3v) is 10.5. The molecule has 1 atom stereocenters. The summed E-state index contributed by atoms with van der Waals surface area (Å²) in [6, 6.07) is 0. The van der Waals surface area contributed by atoms with Crippen molar-refractivity contribution in [3.05, 3.63) is 28.9 Å². The van der Waals surface area contributed by atoms with Crippen molar-refractivity contribution in [2.75, 3.05) is 29.2 Å². The average molecular weight is 533 g/mol. The fourth-order valence-corrected chi connectivity index (χ4v) is 7.94. The molecule has 1 saturated carbocycles. The van der Waals surface area contributed by atoms with Gasteiger partial charge in [0.1, 0.15) is 22.2 Å². The molecule has 3 aliphatic rings. The normalized spacial score (nSPS) is 29.2. The number of aliphatic hydroxyl groups is 1. The van der Waals surface area contributed by atoms with Crippen molar-refractivity contribution in [2.45, 2.75) is 54.4 Å². The van der Waals surface area contributed by atoms with Gasteiger partial charge in [-0.05, 0) is 32.1 Å². The van der Waals surface area contributed by atoms with E-state index in [-0.39, 0.29) is 40.7 Å². The van der Waals surface area contributed by atoms with Crippen LogP contribution in [0.2, 0.25) is 5.02 Å². The summed E-state index contributed by atoms with van der Waals surface area (Å²) in [5.74, 6) is -3.61. The highest BCUT2D eigenvalue weighted by Crippen LogP contribution is 2.45. The van der Waals surface area contributed by atoms with Crippen molar-refractivity contribution in [3.63, 3.8) is 0 Å². The lowest BCUT2D eigenvalue weighted by Gasteiger charge is -2.41. The van der Waals surface area contributed by atoms with Crippen LogP contribution in [0.3, 0.4) is 0 Å². The van der Waals surface area contributed by atoms with Gasteiger partial charge in [-0.15, -0.1) is 0 Å². The lowest BCUT2D eigenvalue weighted by Crippen LogP contribution is -2.48. The molecule has 14 heteroatoms. The van der Waals surface area contributed by atoms with Gasteiger partial charge in [0.05, 0.1) is 43.4 Å². The van der Waals surface area contributed by atoms with E-state index in [4.69, 9.17) is 11.6 Å². The van der Waals surface area contributed by atoms with E-state index in [0.29, 0.717) is 36.5 Å². The van der Waals surface area contributed by atoms with Crippen LogP contribution in [0.15, 0.2) is 21.7 Å². The number of alkyl halides is 2. The predicted octanol–water partition coefficient (Wildman–Crippen LogP) is 3.14. The molecule has 34 heavy (non-hydrogen) atoms. The smallest absolute Gasteiger partial charge is 0.302 e. The molecule has 2 N–H and O–H groups in total. The second kappa shape index (κ2) is 8.68. The number of halogens is 3. The fourth-order valence-electron chi connectivity index (χ4n) is 4.44. The molecule has 2 aromatic rings. The molecule has 0 amide bonds. The van der Waals surface area contributed by atoms with Gasteiger partial charge in [-0.2, -0.15) is 18.1 Å².